The molecule has 7 nitrogen and oxygen atoms in total. The Morgan fingerprint density at radius 2 is 1.76 bits per heavy atom. The molecule has 3 amide bonds. The van der Waals surface area contributed by atoms with E-state index in [1.54, 1.807) is 0 Å². The third-order valence-electron chi connectivity index (χ3n) is 1.73. The van der Waals surface area contributed by atoms with Gasteiger partial charge in [-0.1, -0.05) is 20.8 Å². The second-order valence-corrected chi connectivity index (χ2v) is 4.94. The molecule has 0 radical (unpaired) electrons. The summed E-state index contributed by atoms with van der Waals surface area (Å²) in [5.74, 6) is -1.95. The molecule has 0 fully saturated rings. The second kappa shape index (κ2) is 6.07. The number of carboxylic acids is 1. The molecule has 0 saturated heterocycles. The molecule has 98 valence electrons. The van der Waals surface area contributed by atoms with Crippen molar-refractivity contribution in [1.82, 2.24) is 10.2 Å². The van der Waals surface area contributed by atoms with Gasteiger partial charge in [0, 0.05) is 6.54 Å². The van der Waals surface area contributed by atoms with E-state index in [1.165, 1.54) is 0 Å². The van der Waals surface area contributed by atoms with E-state index in [1.807, 2.05) is 20.8 Å². The summed E-state index contributed by atoms with van der Waals surface area (Å²) in [7, 11) is 0. The van der Waals surface area contributed by atoms with Crippen molar-refractivity contribution in [1.29, 1.82) is 0 Å². The molecule has 0 unspecified atom stereocenters. The number of amides is 3. The highest BCUT2D eigenvalue weighted by atomic mass is 16.4. The Labute approximate surface area is 100.0 Å². The number of carbonyl (C=O) groups is 3. The fourth-order valence-corrected chi connectivity index (χ4v) is 1.00. The van der Waals surface area contributed by atoms with Gasteiger partial charge in [-0.05, 0) is 5.41 Å². The lowest BCUT2D eigenvalue weighted by Crippen LogP contribution is -2.48. The van der Waals surface area contributed by atoms with E-state index in [2.05, 4.69) is 5.32 Å². The quantitative estimate of drug-likeness (QED) is 0.612. The van der Waals surface area contributed by atoms with Crippen LogP contribution in [0.25, 0.3) is 0 Å². The molecule has 0 aliphatic heterocycles. The molecule has 0 heterocycles. The third-order valence-corrected chi connectivity index (χ3v) is 1.73. The van der Waals surface area contributed by atoms with Crippen molar-refractivity contribution in [3.63, 3.8) is 0 Å². The van der Waals surface area contributed by atoms with Crippen molar-refractivity contribution in [2.75, 3.05) is 19.6 Å². The van der Waals surface area contributed by atoms with Crippen LogP contribution in [0.3, 0.4) is 0 Å². The highest BCUT2D eigenvalue weighted by Crippen LogP contribution is 2.10. The number of hydrogen-bond acceptors (Lipinski definition) is 3. The Bertz CT molecular complexity index is 293. The minimum Gasteiger partial charge on any atom is -0.480 e. The van der Waals surface area contributed by atoms with Gasteiger partial charge in [0.25, 0.3) is 0 Å². The van der Waals surface area contributed by atoms with E-state index in [9.17, 15) is 14.4 Å². The predicted molar refractivity (Wildman–Crippen MR) is 61.3 cm³/mol. The molecule has 0 aliphatic carbocycles. The fourth-order valence-electron chi connectivity index (χ4n) is 1.00. The minimum atomic E-state index is -1.20. The molecule has 0 rings (SSSR count). The number of carboxylic acid groups (broad SMARTS) is 1. The molecule has 17 heavy (non-hydrogen) atoms. The van der Waals surface area contributed by atoms with Crippen LogP contribution in [-0.2, 0) is 9.59 Å². The smallest absolute Gasteiger partial charge is 0.323 e. The van der Waals surface area contributed by atoms with Crippen molar-refractivity contribution in [3.05, 3.63) is 0 Å². The van der Waals surface area contributed by atoms with Crippen LogP contribution >= 0.6 is 0 Å². The first-order valence-electron chi connectivity index (χ1n) is 5.14. The van der Waals surface area contributed by atoms with E-state index >= 15 is 0 Å². The van der Waals surface area contributed by atoms with Crippen LogP contribution in [0.4, 0.5) is 4.79 Å². The maximum Gasteiger partial charge on any atom is 0.323 e. The molecule has 0 aromatic rings. The van der Waals surface area contributed by atoms with E-state index in [0.717, 1.165) is 4.90 Å². The largest absolute Gasteiger partial charge is 0.480 e. The number of rotatable bonds is 5. The second-order valence-electron chi connectivity index (χ2n) is 4.94. The number of urea groups is 1. The monoisotopic (exact) mass is 245 g/mol. The summed E-state index contributed by atoms with van der Waals surface area (Å²) in [6, 6.07) is -0.610. The molecule has 0 saturated carbocycles. The van der Waals surface area contributed by atoms with Gasteiger partial charge in [-0.25, -0.2) is 4.79 Å². The van der Waals surface area contributed by atoms with E-state index in [0.29, 0.717) is 6.54 Å². The van der Waals surface area contributed by atoms with Gasteiger partial charge < -0.3 is 21.1 Å². The summed E-state index contributed by atoms with van der Waals surface area (Å²) < 4.78 is 0. The van der Waals surface area contributed by atoms with Crippen LogP contribution in [0.1, 0.15) is 20.8 Å². The summed E-state index contributed by atoms with van der Waals surface area (Å²) in [5, 5.41) is 11.1. The van der Waals surface area contributed by atoms with Crippen LogP contribution in [0.2, 0.25) is 0 Å². The Morgan fingerprint density at radius 1 is 1.24 bits per heavy atom. The molecule has 7 heteroatoms. The topological polar surface area (TPSA) is 113 Å². The summed E-state index contributed by atoms with van der Waals surface area (Å²) >= 11 is 0. The first-order chi connectivity index (χ1) is 7.61. The molecule has 0 aliphatic rings. The van der Waals surface area contributed by atoms with E-state index in [4.69, 9.17) is 10.8 Å². The zero-order valence-corrected chi connectivity index (χ0v) is 10.3. The highest BCUT2D eigenvalue weighted by Gasteiger charge is 2.20. The number of carbonyl (C=O) groups excluding carboxylic acids is 2. The standard InChI is InChI=1S/C10H19N3O4/c1-10(2,3)6-12-9(17)13(4-7(11)14)5-8(15)16/h4-6H2,1-3H3,(H2,11,14)(H,12,17)(H,15,16). The highest BCUT2D eigenvalue weighted by molar-refractivity contribution is 5.85. The van der Waals surface area contributed by atoms with Gasteiger partial charge in [0.05, 0.1) is 0 Å². The number of hydrogen-bond donors (Lipinski definition) is 3. The van der Waals surface area contributed by atoms with Gasteiger partial charge in [0.1, 0.15) is 13.1 Å². The molecule has 0 aromatic carbocycles. The molecule has 0 aromatic heterocycles. The van der Waals surface area contributed by atoms with Gasteiger partial charge in [0.2, 0.25) is 5.91 Å². The maximum absolute atomic E-state index is 11.6. The van der Waals surface area contributed by atoms with Gasteiger partial charge in [-0.3, -0.25) is 9.59 Å². The number of nitrogens with two attached hydrogens (primary N) is 1. The number of primary amides is 1. The first-order valence-corrected chi connectivity index (χ1v) is 5.14. The zero-order chi connectivity index (χ0) is 13.6. The maximum atomic E-state index is 11.6. The van der Waals surface area contributed by atoms with Crippen molar-refractivity contribution in [2.24, 2.45) is 11.1 Å². The Balaban J connectivity index is 4.42. The van der Waals surface area contributed by atoms with Gasteiger partial charge >= 0.3 is 12.0 Å². The Hall–Kier alpha value is -1.79. The predicted octanol–water partition coefficient (Wildman–Crippen LogP) is -0.386. The SMILES string of the molecule is CC(C)(C)CNC(=O)N(CC(N)=O)CC(=O)O. The van der Waals surface area contributed by atoms with Crippen LogP contribution in [-0.4, -0.2) is 47.5 Å². The number of nitrogens with zero attached hydrogens (tertiary/aromatic N) is 1. The molecule has 0 atom stereocenters. The summed E-state index contributed by atoms with van der Waals surface area (Å²) in [5.41, 5.74) is 4.81. The van der Waals surface area contributed by atoms with Gasteiger partial charge in [-0.15, -0.1) is 0 Å². The van der Waals surface area contributed by atoms with Crippen LogP contribution in [0, 0.1) is 5.41 Å². The van der Waals surface area contributed by atoms with Crippen molar-refractivity contribution < 1.29 is 19.5 Å². The van der Waals surface area contributed by atoms with E-state index in [-0.39, 0.29) is 5.41 Å². The molecular formula is C10H19N3O4. The van der Waals surface area contributed by atoms with Crippen molar-refractivity contribution in [3.8, 4) is 0 Å². The zero-order valence-electron chi connectivity index (χ0n) is 10.3. The third kappa shape index (κ3) is 8.06. The minimum absolute atomic E-state index is 0.128. The lowest BCUT2D eigenvalue weighted by atomic mass is 9.97. The summed E-state index contributed by atoms with van der Waals surface area (Å²) in [6.45, 7) is 5.16. The number of nitrogens with one attached hydrogen (secondary N) is 1. The fraction of sp³-hybridized carbons (Fsp3) is 0.700. The summed E-state index contributed by atoms with van der Waals surface area (Å²) in [4.78, 5) is 33.7. The van der Waals surface area contributed by atoms with Crippen LogP contribution in [0.5, 0.6) is 0 Å². The van der Waals surface area contributed by atoms with Crippen molar-refractivity contribution >= 4 is 17.9 Å². The first kappa shape index (κ1) is 15.2. The molecule has 0 spiro atoms. The Morgan fingerprint density at radius 3 is 2.12 bits per heavy atom. The van der Waals surface area contributed by atoms with Crippen LogP contribution in [0.15, 0.2) is 0 Å². The average Bonchev–Trinajstić information content (AvgIpc) is 2.10. The summed E-state index contributed by atoms with van der Waals surface area (Å²) in [6.07, 6.45) is 0. The lowest BCUT2D eigenvalue weighted by Gasteiger charge is -2.23. The van der Waals surface area contributed by atoms with Crippen LogP contribution < -0.4 is 11.1 Å². The average molecular weight is 245 g/mol. The van der Waals surface area contributed by atoms with E-state index < -0.39 is 31.0 Å². The van der Waals surface area contributed by atoms with Crippen molar-refractivity contribution in [2.45, 2.75) is 20.8 Å². The van der Waals surface area contributed by atoms with Gasteiger partial charge in [0.15, 0.2) is 0 Å². The van der Waals surface area contributed by atoms with Gasteiger partial charge in [-0.2, -0.15) is 0 Å². The molecular weight excluding hydrogens is 226 g/mol. The lowest BCUT2D eigenvalue weighted by molar-refractivity contribution is -0.137. The normalized spacial score (nSPS) is 10.8. The molecule has 4 N–H and O–H groups in total. The molecule has 0 bridgehead atoms. The number of aliphatic carboxylic acids is 1. The Kier molecular flexibility index (Phi) is 5.43.